The van der Waals surface area contributed by atoms with Gasteiger partial charge in [0.1, 0.15) is 11.5 Å². The standard InChI is InChI=1S/C19H23NO2/c1-12(2)17-11-14(4-7-18(17)22-3)19-16-6-5-15(21)10-13(16)8-9-20-19/h4-7,10-12,19-21H,8-9H2,1-3H3. The zero-order valence-corrected chi connectivity index (χ0v) is 13.4. The Hall–Kier alpha value is -2.00. The maximum atomic E-state index is 9.69. The molecule has 0 spiro atoms. The van der Waals surface area contributed by atoms with Gasteiger partial charge < -0.3 is 15.2 Å². The quantitative estimate of drug-likeness (QED) is 0.906. The molecule has 1 aliphatic heterocycles. The molecule has 1 atom stereocenters. The lowest BCUT2D eigenvalue weighted by Gasteiger charge is -2.28. The maximum Gasteiger partial charge on any atom is 0.122 e. The number of nitrogens with one attached hydrogen (secondary N) is 1. The summed E-state index contributed by atoms with van der Waals surface area (Å²) in [5.74, 6) is 1.70. The number of rotatable bonds is 3. The van der Waals surface area contributed by atoms with Gasteiger partial charge in [0.2, 0.25) is 0 Å². The van der Waals surface area contributed by atoms with E-state index >= 15 is 0 Å². The highest BCUT2D eigenvalue weighted by Crippen LogP contribution is 2.34. The fraction of sp³-hybridized carbons (Fsp3) is 0.368. The monoisotopic (exact) mass is 297 g/mol. The second-order valence-electron chi connectivity index (χ2n) is 6.18. The Morgan fingerprint density at radius 2 is 2.00 bits per heavy atom. The van der Waals surface area contributed by atoms with Gasteiger partial charge in [-0.3, -0.25) is 0 Å². The van der Waals surface area contributed by atoms with Crippen molar-refractivity contribution in [1.82, 2.24) is 5.32 Å². The number of benzene rings is 2. The van der Waals surface area contributed by atoms with Crippen molar-refractivity contribution in [3.05, 3.63) is 58.7 Å². The zero-order chi connectivity index (χ0) is 15.7. The Morgan fingerprint density at radius 1 is 1.18 bits per heavy atom. The van der Waals surface area contributed by atoms with Crippen LogP contribution in [0.25, 0.3) is 0 Å². The first kappa shape index (κ1) is 14.9. The van der Waals surface area contributed by atoms with E-state index in [9.17, 15) is 5.11 Å². The first-order valence-electron chi connectivity index (χ1n) is 7.83. The van der Waals surface area contributed by atoms with Gasteiger partial charge in [-0.2, -0.15) is 0 Å². The molecule has 0 aromatic heterocycles. The molecule has 0 saturated carbocycles. The molecular formula is C19H23NO2. The summed E-state index contributed by atoms with van der Waals surface area (Å²) in [6, 6.07) is 12.3. The molecule has 2 aromatic carbocycles. The van der Waals surface area contributed by atoms with E-state index in [1.165, 1.54) is 22.3 Å². The number of aromatic hydroxyl groups is 1. The normalized spacial score (nSPS) is 17.4. The minimum atomic E-state index is 0.174. The molecule has 2 N–H and O–H groups in total. The summed E-state index contributed by atoms with van der Waals surface area (Å²) in [6.07, 6.45) is 0.952. The Balaban J connectivity index is 2.04. The van der Waals surface area contributed by atoms with Crippen LogP contribution in [-0.4, -0.2) is 18.8 Å². The highest BCUT2D eigenvalue weighted by Gasteiger charge is 2.22. The van der Waals surface area contributed by atoms with Crippen LogP contribution >= 0.6 is 0 Å². The van der Waals surface area contributed by atoms with Crippen molar-refractivity contribution in [2.45, 2.75) is 32.2 Å². The lowest BCUT2D eigenvalue weighted by Crippen LogP contribution is -2.30. The van der Waals surface area contributed by atoms with Crippen molar-refractivity contribution in [3.63, 3.8) is 0 Å². The number of phenolic OH excluding ortho intramolecular Hbond substituents is 1. The largest absolute Gasteiger partial charge is 0.508 e. The van der Waals surface area contributed by atoms with Gasteiger partial charge in [-0.1, -0.05) is 26.0 Å². The van der Waals surface area contributed by atoms with E-state index in [1.807, 2.05) is 12.1 Å². The average Bonchev–Trinajstić information content (AvgIpc) is 2.53. The van der Waals surface area contributed by atoms with Crippen molar-refractivity contribution >= 4 is 0 Å². The molecule has 0 saturated heterocycles. The Bertz CT molecular complexity index is 679. The lowest BCUT2D eigenvalue weighted by atomic mass is 9.88. The third-order valence-corrected chi connectivity index (χ3v) is 4.39. The first-order chi connectivity index (χ1) is 10.6. The van der Waals surface area contributed by atoms with E-state index in [0.29, 0.717) is 11.7 Å². The molecule has 3 heteroatoms. The zero-order valence-electron chi connectivity index (χ0n) is 13.4. The summed E-state index contributed by atoms with van der Waals surface area (Å²) in [5, 5.41) is 13.3. The van der Waals surface area contributed by atoms with Crippen molar-refractivity contribution in [1.29, 1.82) is 0 Å². The predicted molar refractivity (Wildman–Crippen MR) is 88.7 cm³/mol. The third kappa shape index (κ3) is 2.69. The smallest absolute Gasteiger partial charge is 0.122 e. The molecule has 0 amide bonds. The summed E-state index contributed by atoms with van der Waals surface area (Å²) >= 11 is 0. The van der Waals surface area contributed by atoms with E-state index in [4.69, 9.17) is 4.74 Å². The van der Waals surface area contributed by atoms with Crippen molar-refractivity contribution in [3.8, 4) is 11.5 Å². The van der Waals surface area contributed by atoms with Crippen LogP contribution in [0.5, 0.6) is 11.5 Å². The van der Waals surface area contributed by atoms with E-state index < -0.39 is 0 Å². The lowest BCUT2D eigenvalue weighted by molar-refractivity contribution is 0.407. The van der Waals surface area contributed by atoms with Gasteiger partial charge in [0.25, 0.3) is 0 Å². The number of hydrogen-bond donors (Lipinski definition) is 2. The van der Waals surface area contributed by atoms with E-state index in [0.717, 1.165) is 18.7 Å². The maximum absolute atomic E-state index is 9.69. The van der Waals surface area contributed by atoms with Crippen LogP contribution in [0.15, 0.2) is 36.4 Å². The molecule has 0 bridgehead atoms. The minimum absolute atomic E-state index is 0.174. The van der Waals surface area contributed by atoms with Gasteiger partial charge in [0.15, 0.2) is 0 Å². The number of hydrogen-bond acceptors (Lipinski definition) is 3. The summed E-state index contributed by atoms with van der Waals surface area (Å²) in [4.78, 5) is 0. The fourth-order valence-corrected chi connectivity index (χ4v) is 3.23. The molecule has 3 rings (SSSR count). The minimum Gasteiger partial charge on any atom is -0.508 e. The molecular weight excluding hydrogens is 274 g/mol. The second kappa shape index (κ2) is 6.01. The molecule has 1 unspecified atom stereocenters. The summed E-state index contributed by atoms with van der Waals surface area (Å²) in [5.41, 5.74) is 4.96. The third-order valence-electron chi connectivity index (χ3n) is 4.39. The van der Waals surface area contributed by atoms with Gasteiger partial charge in [-0.15, -0.1) is 0 Å². The van der Waals surface area contributed by atoms with Crippen LogP contribution in [-0.2, 0) is 6.42 Å². The van der Waals surface area contributed by atoms with Gasteiger partial charge in [0, 0.05) is 6.54 Å². The van der Waals surface area contributed by atoms with Crippen LogP contribution in [0.1, 0.15) is 48.1 Å². The first-order valence-corrected chi connectivity index (χ1v) is 7.83. The summed E-state index contributed by atoms with van der Waals surface area (Å²) in [6.45, 7) is 5.29. The van der Waals surface area contributed by atoms with Crippen LogP contribution in [0.3, 0.4) is 0 Å². The van der Waals surface area contributed by atoms with Crippen LogP contribution in [0, 0.1) is 0 Å². The predicted octanol–water partition coefficient (Wildman–Crippen LogP) is 3.76. The topological polar surface area (TPSA) is 41.5 Å². The molecule has 0 radical (unpaired) electrons. The number of methoxy groups -OCH3 is 1. The molecule has 1 aliphatic rings. The van der Waals surface area contributed by atoms with Crippen molar-refractivity contribution in [2.24, 2.45) is 0 Å². The van der Waals surface area contributed by atoms with Crippen molar-refractivity contribution in [2.75, 3.05) is 13.7 Å². The second-order valence-corrected chi connectivity index (χ2v) is 6.18. The Kier molecular flexibility index (Phi) is 4.08. The van der Waals surface area contributed by atoms with E-state index in [1.54, 1.807) is 13.2 Å². The number of ether oxygens (including phenoxy) is 1. The fourth-order valence-electron chi connectivity index (χ4n) is 3.23. The van der Waals surface area contributed by atoms with Crippen molar-refractivity contribution < 1.29 is 9.84 Å². The van der Waals surface area contributed by atoms with Gasteiger partial charge in [-0.05, 0) is 58.9 Å². The SMILES string of the molecule is COc1ccc(C2NCCc3cc(O)ccc32)cc1C(C)C. The molecule has 3 nitrogen and oxygen atoms in total. The number of phenols is 1. The van der Waals surface area contributed by atoms with Gasteiger partial charge in [0.05, 0.1) is 13.2 Å². The van der Waals surface area contributed by atoms with Gasteiger partial charge >= 0.3 is 0 Å². The summed E-state index contributed by atoms with van der Waals surface area (Å²) in [7, 11) is 1.72. The molecule has 0 aliphatic carbocycles. The molecule has 22 heavy (non-hydrogen) atoms. The highest BCUT2D eigenvalue weighted by atomic mass is 16.5. The molecule has 116 valence electrons. The Morgan fingerprint density at radius 3 is 2.73 bits per heavy atom. The highest BCUT2D eigenvalue weighted by molar-refractivity contribution is 5.47. The molecule has 0 fully saturated rings. The molecule has 1 heterocycles. The van der Waals surface area contributed by atoms with Crippen LogP contribution in [0.4, 0.5) is 0 Å². The van der Waals surface area contributed by atoms with E-state index in [-0.39, 0.29) is 6.04 Å². The van der Waals surface area contributed by atoms with Crippen LogP contribution in [0.2, 0.25) is 0 Å². The molecule has 2 aromatic rings. The average molecular weight is 297 g/mol. The number of fused-ring (bicyclic) bond motifs is 1. The Labute approximate surface area is 131 Å². The van der Waals surface area contributed by atoms with Crippen LogP contribution < -0.4 is 10.1 Å². The van der Waals surface area contributed by atoms with Gasteiger partial charge in [-0.25, -0.2) is 0 Å². The summed E-state index contributed by atoms with van der Waals surface area (Å²) < 4.78 is 5.48. The van der Waals surface area contributed by atoms with E-state index in [2.05, 4.69) is 37.4 Å².